The van der Waals surface area contributed by atoms with Gasteiger partial charge < -0.3 is 20.5 Å². The minimum Gasteiger partial charge on any atom is -0.394 e. The van der Waals surface area contributed by atoms with Crippen molar-refractivity contribution in [3.63, 3.8) is 0 Å². The molecule has 1 aromatic rings. The molecule has 0 unspecified atom stereocenters. The molecule has 0 aliphatic heterocycles. The lowest BCUT2D eigenvalue weighted by Gasteiger charge is -2.30. The Morgan fingerprint density at radius 1 is 1.50 bits per heavy atom. The zero-order valence-electron chi connectivity index (χ0n) is 11.8. The number of rotatable bonds is 7. The van der Waals surface area contributed by atoms with Gasteiger partial charge in [0.15, 0.2) is 0 Å². The van der Waals surface area contributed by atoms with Crippen LogP contribution in [0.2, 0.25) is 0 Å². The van der Waals surface area contributed by atoms with Crippen molar-refractivity contribution in [2.45, 2.75) is 24.8 Å². The third kappa shape index (κ3) is 3.71. The van der Waals surface area contributed by atoms with Crippen molar-refractivity contribution < 1.29 is 14.6 Å². The van der Waals surface area contributed by atoms with Gasteiger partial charge in [0.1, 0.15) is 0 Å². The summed E-state index contributed by atoms with van der Waals surface area (Å²) in [6.45, 7) is 1.07. The summed E-state index contributed by atoms with van der Waals surface area (Å²) < 4.78 is 4.94. The monoisotopic (exact) mass is 278 g/mol. The van der Waals surface area contributed by atoms with Crippen LogP contribution in [0.4, 0.5) is 4.79 Å². The smallest absolute Gasteiger partial charge is 0.315 e. The van der Waals surface area contributed by atoms with Gasteiger partial charge in [-0.1, -0.05) is 24.3 Å². The highest BCUT2D eigenvalue weighted by molar-refractivity contribution is 5.74. The van der Waals surface area contributed by atoms with E-state index in [9.17, 15) is 4.79 Å². The summed E-state index contributed by atoms with van der Waals surface area (Å²) in [7, 11) is 1.60. The number of amides is 2. The van der Waals surface area contributed by atoms with Crippen molar-refractivity contribution in [3.8, 4) is 0 Å². The Labute approximate surface area is 119 Å². The van der Waals surface area contributed by atoms with Crippen molar-refractivity contribution in [2.75, 3.05) is 26.9 Å². The van der Waals surface area contributed by atoms with Crippen LogP contribution in [0.1, 0.15) is 23.5 Å². The molecule has 0 spiro atoms. The lowest BCUT2D eigenvalue weighted by atomic mass is 9.78. The van der Waals surface area contributed by atoms with E-state index in [-0.39, 0.29) is 18.7 Å². The molecule has 20 heavy (non-hydrogen) atoms. The van der Waals surface area contributed by atoms with Gasteiger partial charge >= 0.3 is 6.03 Å². The maximum atomic E-state index is 11.8. The number of aliphatic hydroxyl groups excluding tert-OH is 1. The standard InChI is InChI=1S/C15H22N2O3/c1-20-7-6-13(10-18)17-15(19)16-9-12-8-11-4-2-3-5-14(11)12/h2-5,12-13,18H,6-10H2,1H3,(H2,16,17,19)/t12-,13-/m1/s1. The Morgan fingerprint density at radius 3 is 3.00 bits per heavy atom. The summed E-state index contributed by atoms with van der Waals surface area (Å²) in [6.07, 6.45) is 1.62. The van der Waals surface area contributed by atoms with Crippen LogP contribution in [0.5, 0.6) is 0 Å². The summed E-state index contributed by atoms with van der Waals surface area (Å²) in [5.74, 6) is 0.406. The molecule has 0 radical (unpaired) electrons. The molecule has 1 aromatic carbocycles. The Balaban J connectivity index is 1.71. The molecule has 0 fully saturated rings. The van der Waals surface area contributed by atoms with E-state index in [0.717, 1.165) is 6.42 Å². The van der Waals surface area contributed by atoms with Gasteiger partial charge in [-0.2, -0.15) is 0 Å². The van der Waals surface area contributed by atoms with Gasteiger partial charge in [-0.15, -0.1) is 0 Å². The fraction of sp³-hybridized carbons (Fsp3) is 0.533. The molecule has 1 aliphatic rings. The van der Waals surface area contributed by atoms with Gasteiger partial charge in [-0.25, -0.2) is 4.79 Å². The molecule has 0 aromatic heterocycles. The van der Waals surface area contributed by atoms with Crippen LogP contribution in [0.15, 0.2) is 24.3 Å². The first kappa shape index (κ1) is 14.8. The predicted octanol–water partition coefficient (Wildman–Crippen LogP) is 1.02. The van der Waals surface area contributed by atoms with Crippen molar-refractivity contribution in [1.29, 1.82) is 0 Å². The minimum absolute atomic E-state index is 0.0803. The summed E-state index contributed by atoms with van der Waals surface area (Å²) in [5.41, 5.74) is 2.69. The van der Waals surface area contributed by atoms with Crippen LogP contribution < -0.4 is 10.6 Å². The predicted molar refractivity (Wildman–Crippen MR) is 76.8 cm³/mol. The number of carbonyl (C=O) groups is 1. The fourth-order valence-electron chi connectivity index (χ4n) is 2.47. The van der Waals surface area contributed by atoms with Crippen molar-refractivity contribution in [3.05, 3.63) is 35.4 Å². The molecule has 5 heteroatoms. The molecule has 5 nitrogen and oxygen atoms in total. The van der Waals surface area contributed by atoms with Gasteiger partial charge in [0.2, 0.25) is 0 Å². The molecule has 0 saturated heterocycles. The zero-order chi connectivity index (χ0) is 14.4. The number of aliphatic hydroxyl groups is 1. The molecule has 0 heterocycles. The van der Waals surface area contributed by atoms with Gasteiger partial charge in [0.05, 0.1) is 12.6 Å². The van der Waals surface area contributed by atoms with E-state index in [1.165, 1.54) is 11.1 Å². The van der Waals surface area contributed by atoms with Gasteiger partial charge in [-0.05, 0) is 24.0 Å². The van der Waals surface area contributed by atoms with Gasteiger partial charge in [0, 0.05) is 26.2 Å². The van der Waals surface area contributed by atoms with E-state index in [1.807, 2.05) is 12.1 Å². The number of ether oxygens (including phenoxy) is 1. The van der Waals surface area contributed by atoms with E-state index in [1.54, 1.807) is 7.11 Å². The Kier molecular flexibility index (Phi) is 5.38. The van der Waals surface area contributed by atoms with Crippen LogP contribution in [0, 0.1) is 0 Å². The summed E-state index contributed by atoms with van der Waals surface area (Å²) >= 11 is 0. The van der Waals surface area contributed by atoms with E-state index < -0.39 is 0 Å². The molecule has 2 amide bonds. The zero-order valence-corrected chi connectivity index (χ0v) is 11.8. The van der Waals surface area contributed by atoms with Crippen LogP contribution in [-0.2, 0) is 11.2 Å². The summed E-state index contributed by atoms with van der Waals surface area (Å²) in [6, 6.07) is 7.80. The fourth-order valence-corrected chi connectivity index (χ4v) is 2.47. The Morgan fingerprint density at radius 2 is 2.30 bits per heavy atom. The number of nitrogens with one attached hydrogen (secondary N) is 2. The SMILES string of the molecule is COCC[C@H](CO)NC(=O)NC[C@H]1Cc2ccccc21. The number of urea groups is 1. The summed E-state index contributed by atoms with van der Waals surface area (Å²) in [4.78, 5) is 11.8. The molecule has 2 rings (SSSR count). The lowest BCUT2D eigenvalue weighted by molar-refractivity contribution is 0.159. The molecular formula is C15H22N2O3. The molecule has 2 atom stereocenters. The van der Waals surface area contributed by atoms with Crippen LogP contribution in [-0.4, -0.2) is 44.0 Å². The number of methoxy groups -OCH3 is 1. The number of carbonyl (C=O) groups excluding carboxylic acids is 1. The third-order valence-corrected chi connectivity index (χ3v) is 3.70. The van der Waals surface area contributed by atoms with Crippen molar-refractivity contribution in [1.82, 2.24) is 10.6 Å². The first-order chi connectivity index (χ1) is 9.74. The first-order valence-corrected chi connectivity index (χ1v) is 6.96. The molecule has 1 aliphatic carbocycles. The van der Waals surface area contributed by atoms with E-state index in [0.29, 0.717) is 25.5 Å². The third-order valence-electron chi connectivity index (χ3n) is 3.70. The van der Waals surface area contributed by atoms with Crippen LogP contribution >= 0.6 is 0 Å². The number of hydrogen-bond donors (Lipinski definition) is 3. The highest BCUT2D eigenvalue weighted by Crippen LogP contribution is 2.33. The second-order valence-corrected chi connectivity index (χ2v) is 5.12. The first-order valence-electron chi connectivity index (χ1n) is 6.96. The average molecular weight is 278 g/mol. The maximum Gasteiger partial charge on any atom is 0.315 e. The average Bonchev–Trinajstić information content (AvgIpc) is 2.44. The van der Waals surface area contributed by atoms with Gasteiger partial charge in [-0.3, -0.25) is 0 Å². The Bertz CT molecular complexity index is 450. The second-order valence-electron chi connectivity index (χ2n) is 5.12. The largest absolute Gasteiger partial charge is 0.394 e. The Hall–Kier alpha value is -1.59. The number of fused-ring (bicyclic) bond motifs is 1. The molecule has 0 saturated carbocycles. The second kappa shape index (κ2) is 7.26. The molecule has 3 N–H and O–H groups in total. The van der Waals surface area contributed by atoms with Gasteiger partial charge in [0.25, 0.3) is 0 Å². The van der Waals surface area contributed by atoms with Crippen LogP contribution in [0.25, 0.3) is 0 Å². The van der Waals surface area contributed by atoms with Crippen molar-refractivity contribution >= 4 is 6.03 Å². The quantitative estimate of drug-likeness (QED) is 0.697. The minimum atomic E-state index is -0.261. The van der Waals surface area contributed by atoms with Crippen LogP contribution in [0.3, 0.4) is 0 Å². The van der Waals surface area contributed by atoms with E-state index in [4.69, 9.17) is 9.84 Å². The topological polar surface area (TPSA) is 70.6 Å². The molecule has 0 bridgehead atoms. The normalized spacial score (nSPS) is 17.8. The van der Waals surface area contributed by atoms with Crippen molar-refractivity contribution in [2.24, 2.45) is 0 Å². The molecule has 110 valence electrons. The van der Waals surface area contributed by atoms with E-state index in [2.05, 4.69) is 22.8 Å². The lowest BCUT2D eigenvalue weighted by Crippen LogP contribution is -2.46. The highest BCUT2D eigenvalue weighted by atomic mass is 16.5. The molecular weight excluding hydrogens is 256 g/mol. The maximum absolute atomic E-state index is 11.8. The number of hydrogen-bond acceptors (Lipinski definition) is 3. The number of benzene rings is 1. The van der Waals surface area contributed by atoms with E-state index >= 15 is 0 Å². The summed E-state index contributed by atoms with van der Waals surface area (Å²) in [5, 5.41) is 14.8. The highest BCUT2D eigenvalue weighted by Gasteiger charge is 2.25.